The van der Waals surface area contributed by atoms with Gasteiger partial charge in [-0.05, 0) is 30.3 Å². The lowest BCUT2D eigenvalue weighted by atomic mass is 10.1. The van der Waals surface area contributed by atoms with E-state index in [1.54, 1.807) is 11.9 Å². The first-order valence-electron chi connectivity index (χ1n) is 9.33. The number of anilines is 1. The van der Waals surface area contributed by atoms with E-state index in [2.05, 4.69) is 6.07 Å². The number of benzene rings is 2. The standard InChI is InChI=1S/C22H19FN4O2/c1-25-19-5-3-2-4-17(19)20(18(14-24)22(25)29)26-10-12-27(13-11-26)21(28)15-6-8-16(23)9-7-15/h2-9H,10-13H2,1H3. The zero-order chi connectivity index (χ0) is 20.5. The first kappa shape index (κ1) is 18.7. The number of amides is 1. The van der Waals surface area contributed by atoms with Crippen LogP contribution in [0.4, 0.5) is 10.1 Å². The third-order valence-electron chi connectivity index (χ3n) is 5.36. The van der Waals surface area contributed by atoms with E-state index in [0.717, 1.165) is 10.9 Å². The first-order valence-corrected chi connectivity index (χ1v) is 9.33. The summed E-state index contributed by atoms with van der Waals surface area (Å²) < 4.78 is 14.6. The van der Waals surface area contributed by atoms with Crippen LogP contribution in [0, 0.1) is 17.1 Å². The summed E-state index contributed by atoms with van der Waals surface area (Å²) in [5, 5.41) is 10.5. The number of pyridine rings is 1. The fourth-order valence-electron chi connectivity index (χ4n) is 3.82. The van der Waals surface area contributed by atoms with Gasteiger partial charge in [-0.15, -0.1) is 0 Å². The zero-order valence-corrected chi connectivity index (χ0v) is 15.9. The Kier molecular flexibility index (Phi) is 4.77. The number of aryl methyl sites for hydroxylation is 1. The summed E-state index contributed by atoms with van der Waals surface area (Å²) in [5.74, 6) is -0.535. The number of hydrogen-bond donors (Lipinski definition) is 0. The van der Waals surface area contributed by atoms with Gasteiger partial charge in [-0.1, -0.05) is 18.2 Å². The molecule has 1 fully saturated rings. The SMILES string of the molecule is Cn1c(=O)c(C#N)c(N2CCN(C(=O)c3ccc(F)cc3)CC2)c2ccccc21. The van der Waals surface area contributed by atoms with Gasteiger partial charge in [0.1, 0.15) is 17.4 Å². The van der Waals surface area contributed by atoms with E-state index in [-0.39, 0.29) is 22.8 Å². The lowest BCUT2D eigenvalue weighted by Gasteiger charge is -2.37. The van der Waals surface area contributed by atoms with E-state index in [1.165, 1.54) is 28.8 Å². The molecule has 2 heterocycles. The molecule has 29 heavy (non-hydrogen) atoms. The lowest BCUT2D eigenvalue weighted by molar-refractivity contribution is 0.0747. The second-order valence-corrected chi connectivity index (χ2v) is 7.00. The molecule has 0 saturated carbocycles. The molecule has 0 N–H and O–H groups in total. The molecule has 6 nitrogen and oxygen atoms in total. The summed E-state index contributed by atoms with van der Waals surface area (Å²) in [6, 6.07) is 15.1. The van der Waals surface area contributed by atoms with Crippen LogP contribution in [-0.4, -0.2) is 41.6 Å². The van der Waals surface area contributed by atoms with E-state index in [9.17, 15) is 19.2 Å². The predicted octanol–water partition coefficient (Wildman–Crippen LogP) is 2.51. The topological polar surface area (TPSA) is 69.3 Å². The van der Waals surface area contributed by atoms with E-state index < -0.39 is 0 Å². The summed E-state index contributed by atoms with van der Waals surface area (Å²) in [7, 11) is 1.66. The number of hydrogen-bond acceptors (Lipinski definition) is 4. The zero-order valence-electron chi connectivity index (χ0n) is 15.9. The number of carbonyl (C=O) groups is 1. The van der Waals surface area contributed by atoms with Crippen molar-refractivity contribution in [3.05, 3.63) is 75.8 Å². The second-order valence-electron chi connectivity index (χ2n) is 7.00. The number of piperazine rings is 1. The lowest BCUT2D eigenvalue weighted by Crippen LogP contribution is -2.49. The van der Waals surface area contributed by atoms with Gasteiger partial charge < -0.3 is 14.4 Å². The quantitative estimate of drug-likeness (QED) is 0.674. The minimum atomic E-state index is -0.382. The molecule has 146 valence electrons. The molecule has 0 radical (unpaired) electrons. The molecule has 2 aromatic carbocycles. The molecular weight excluding hydrogens is 371 g/mol. The highest BCUT2D eigenvalue weighted by Gasteiger charge is 2.26. The smallest absolute Gasteiger partial charge is 0.270 e. The van der Waals surface area contributed by atoms with Crippen LogP contribution in [0.25, 0.3) is 10.9 Å². The summed E-state index contributed by atoms with van der Waals surface area (Å²) in [4.78, 5) is 29.1. The Balaban J connectivity index is 1.64. The van der Waals surface area contributed by atoms with Gasteiger partial charge in [0, 0.05) is 44.2 Å². The molecule has 0 spiro atoms. The van der Waals surface area contributed by atoms with Crippen LogP contribution in [0.1, 0.15) is 15.9 Å². The Hall–Kier alpha value is -3.66. The number of fused-ring (bicyclic) bond motifs is 1. The Labute approximate surface area is 167 Å². The number of halogens is 1. The van der Waals surface area contributed by atoms with Gasteiger partial charge in [-0.25, -0.2) is 4.39 Å². The normalized spacial score (nSPS) is 14.1. The Morgan fingerprint density at radius 3 is 2.34 bits per heavy atom. The molecule has 1 aromatic heterocycles. The average molecular weight is 390 g/mol. The number of nitriles is 1. The number of aromatic nitrogens is 1. The molecule has 0 aliphatic carbocycles. The Bertz CT molecular complexity index is 1190. The summed E-state index contributed by atoms with van der Waals surface area (Å²) in [6.45, 7) is 1.90. The number of para-hydroxylation sites is 1. The highest BCUT2D eigenvalue weighted by Crippen LogP contribution is 2.29. The van der Waals surface area contributed by atoms with Crippen molar-refractivity contribution < 1.29 is 9.18 Å². The highest BCUT2D eigenvalue weighted by atomic mass is 19.1. The van der Waals surface area contributed by atoms with Crippen molar-refractivity contribution in [2.75, 3.05) is 31.1 Å². The van der Waals surface area contributed by atoms with Gasteiger partial charge in [-0.2, -0.15) is 5.26 Å². The molecule has 1 aliphatic heterocycles. The molecular formula is C22H19FN4O2. The van der Waals surface area contributed by atoms with Gasteiger partial charge in [0.2, 0.25) is 0 Å². The molecule has 1 amide bonds. The van der Waals surface area contributed by atoms with Gasteiger partial charge in [0.25, 0.3) is 11.5 Å². The van der Waals surface area contributed by atoms with Crippen molar-refractivity contribution in [3.8, 4) is 6.07 Å². The molecule has 0 atom stereocenters. The average Bonchev–Trinajstić information content (AvgIpc) is 2.76. The van der Waals surface area contributed by atoms with Crippen molar-refractivity contribution >= 4 is 22.5 Å². The third kappa shape index (κ3) is 3.23. The van der Waals surface area contributed by atoms with Crippen molar-refractivity contribution in [2.24, 2.45) is 7.05 Å². The Morgan fingerprint density at radius 2 is 1.69 bits per heavy atom. The largest absolute Gasteiger partial charge is 0.366 e. The molecule has 7 heteroatoms. The van der Waals surface area contributed by atoms with Crippen LogP contribution in [-0.2, 0) is 7.05 Å². The van der Waals surface area contributed by atoms with E-state index in [1.807, 2.05) is 29.2 Å². The summed E-state index contributed by atoms with van der Waals surface area (Å²) in [5.41, 5.74) is 1.61. The molecule has 0 unspecified atom stereocenters. The van der Waals surface area contributed by atoms with E-state index in [0.29, 0.717) is 37.4 Å². The second kappa shape index (κ2) is 7.40. The highest BCUT2D eigenvalue weighted by molar-refractivity contribution is 5.96. The summed E-state index contributed by atoms with van der Waals surface area (Å²) >= 11 is 0. The molecule has 0 bridgehead atoms. The van der Waals surface area contributed by atoms with Crippen molar-refractivity contribution in [1.82, 2.24) is 9.47 Å². The van der Waals surface area contributed by atoms with E-state index in [4.69, 9.17) is 0 Å². The van der Waals surface area contributed by atoms with E-state index >= 15 is 0 Å². The number of nitrogens with zero attached hydrogens (tertiary/aromatic N) is 4. The third-order valence-corrected chi connectivity index (χ3v) is 5.36. The van der Waals surface area contributed by atoms with Crippen LogP contribution >= 0.6 is 0 Å². The fraction of sp³-hybridized carbons (Fsp3) is 0.227. The van der Waals surface area contributed by atoms with Crippen molar-refractivity contribution in [2.45, 2.75) is 0 Å². The van der Waals surface area contributed by atoms with Gasteiger partial charge in [0.15, 0.2) is 0 Å². The number of carbonyl (C=O) groups excluding carboxylic acids is 1. The monoisotopic (exact) mass is 390 g/mol. The summed E-state index contributed by atoms with van der Waals surface area (Å²) in [6.07, 6.45) is 0. The maximum Gasteiger partial charge on any atom is 0.270 e. The Morgan fingerprint density at radius 1 is 1.03 bits per heavy atom. The first-order chi connectivity index (χ1) is 14.0. The van der Waals surface area contributed by atoms with Crippen LogP contribution in [0.3, 0.4) is 0 Å². The molecule has 3 aromatic rings. The molecule has 4 rings (SSSR count). The minimum absolute atomic E-state index is 0.115. The van der Waals surface area contributed by atoms with Crippen LogP contribution in [0.2, 0.25) is 0 Å². The van der Waals surface area contributed by atoms with Gasteiger partial charge in [-0.3, -0.25) is 9.59 Å². The minimum Gasteiger partial charge on any atom is -0.366 e. The van der Waals surface area contributed by atoms with Crippen molar-refractivity contribution in [1.29, 1.82) is 5.26 Å². The van der Waals surface area contributed by atoms with Crippen LogP contribution < -0.4 is 10.5 Å². The maximum absolute atomic E-state index is 13.1. The molecule has 1 saturated heterocycles. The molecule has 1 aliphatic rings. The van der Waals surface area contributed by atoms with Crippen LogP contribution in [0.5, 0.6) is 0 Å². The van der Waals surface area contributed by atoms with Crippen molar-refractivity contribution in [3.63, 3.8) is 0 Å². The van der Waals surface area contributed by atoms with Gasteiger partial charge >= 0.3 is 0 Å². The number of rotatable bonds is 2. The van der Waals surface area contributed by atoms with Gasteiger partial charge in [0.05, 0.1) is 11.2 Å². The fourth-order valence-corrected chi connectivity index (χ4v) is 3.82. The van der Waals surface area contributed by atoms with Crippen LogP contribution in [0.15, 0.2) is 53.3 Å². The maximum atomic E-state index is 13.1. The predicted molar refractivity (Wildman–Crippen MR) is 108 cm³/mol.